The zero-order valence-electron chi connectivity index (χ0n) is 11.2. The van der Waals surface area contributed by atoms with Gasteiger partial charge in [-0.3, -0.25) is 4.79 Å². The fraction of sp³-hybridized carbons (Fsp3) is 0.929. The standard InChI is InChI=1S/C14H27O3/c1-16-14-17-13-11-9-7-5-3-2-4-6-8-10-12-15/h2-11,13-14H2,1H3. The molecular formula is C14H27O3. The second-order valence-electron chi connectivity index (χ2n) is 4.39. The molecule has 3 heteroatoms. The van der Waals surface area contributed by atoms with E-state index in [0.29, 0.717) is 13.2 Å². The number of carbonyl (C=O) groups excluding carboxylic acids is 1. The molecular weight excluding hydrogens is 216 g/mol. The lowest BCUT2D eigenvalue weighted by molar-refractivity contribution is -0.0315. The van der Waals surface area contributed by atoms with Crippen LogP contribution in [0, 0.1) is 0 Å². The number of hydrogen-bond acceptors (Lipinski definition) is 3. The summed E-state index contributed by atoms with van der Waals surface area (Å²) < 4.78 is 10.0. The van der Waals surface area contributed by atoms with Gasteiger partial charge >= 0.3 is 0 Å². The Morgan fingerprint density at radius 2 is 1.35 bits per heavy atom. The van der Waals surface area contributed by atoms with Gasteiger partial charge in [0.25, 0.3) is 0 Å². The molecule has 0 atom stereocenters. The summed E-state index contributed by atoms with van der Waals surface area (Å²) in [5, 5.41) is 0. The van der Waals surface area contributed by atoms with E-state index in [-0.39, 0.29) is 0 Å². The predicted octanol–water partition coefficient (Wildman–Crippen LogP) is 3.62. The van der Waals surface area contributed by atoms with Crippen LogP contribution in [-0.2, 0) is 14.3 Å². The number of unbranched alkanes of at least 4 members (excludes halogenated alkanes) is 9. The van der Waals surface area contributed by atoms with Crippen molar-refractivity contribution in [1.29, 1.82) is 0 Å². The summed E-state index contributed by atoms with van der Waals surface area (Å²) in [6.07, 6.45) is 13.7. The largest absolute Gasteiger partial charge is 0.359 e. The van der Waals surface area contributed by atoms with Gasteiger partial charge in [0.05, 0.1) is 0 Å². The lowest BCUT2D eigenvalue weighted by Gasteiger charge is -2.03. The molecule has 101 valence electrons. The molecule has 0 fully saturated rings. The van der Waals surface area contributed by atoms with Crippen molar-refractivity contribution in [3.63, 3.8) is 0 Å². The van der Waals surface area contributed by atoms with Crippen molar-refractivity contribution in [2.45, 2.75) is 64.2 Å². The highest BCUT2D eigenvalue weighted by Gasteiger charge is 1.93. The molecule has 17 heavy (non-hydrogen) atoms. The normalized spacial score (nSPS) is 10.6. The highest BCUT2D eigenvalue weighted by molar-refractivity contribution is 5.50. The number of ether oxygens (including phenoxy) is 2. The van der Waals surface area contributed by atoms with Gasteiger partial charge in [-0.15, -0.1) is 0 Å². The molecule has 0 N–H and O–H groups in total. The van der Waals surface area contributed by atoms with Crippen molar-refractivity contribution in [2.24, 2.45) is 0 Å². The Labute approximate surface area is 106 Å². The summed E-state index contributed by atoms with van der Waals surface area (Å²) in [5.41, 5.74) is 0. The molecule has 0 aromatic heterocycles. The van der Waals surface area contributed by atoms with E-state index in [1.54, 1.807) is 7.11 Å². The highest BCUT2D eigenvalue weighted by atomic mass is 16.7. The van der Waals surface area contributed by atoms with Crippen molar-refractivity contribution in [3.05, 3.63) is 0 Å². The van der Waals surface area contributed by atoms with Crippen LogP contribution in [0.2, 0.25) is 0 Å². The molecule has 0 bridgehead atoms. The van der Waals surface area contributed by atoms with Crippen LogP contribution in [0.4, 0.5) is 0 Å². The number of hydrogen-bond donors (Lipinski definition) is 0. The molecule has 0 aromatic rings. The molecule has 0 saturated carbocycles. The van der Waals surface area contributed by atoms with E-state index in [2.05, 4.69) is 0 Å². The zero-order valence-corrected chi connectivity index (χ0v) is 11.2. The minimum absolute atomic E-state index is 0.415. The van der Waals surface area contributed by atoms with E-state index < -0.39 is 0 Å². The van der Waals surface area contributed by atoms with Gasteiger partial charge in [0.2, 0.25) is 0 Å². The third-order valence-electron chi connectivity index (χ3n) is 2.77. The number of rotatable bonds is 14. The fourth-order valence-corrected chi connectivity index (χ4v) is 1.78. The molecule has 1 radical (unpaired) electrons. The van der Waals surface area contributed by atoms with Crippen LogP contribution in [0.1, 0.15) is 64.2 Å². The first-order valence-corrected chi connectivity index (χ1v) is 6.83. The minimum Gasteiger partial charge on any atom is -0.359 e. The molecule has 0 rings (SSSR count). The van der Waals surface area contributed by atoms with Crippen LogP contribution in [0.5, 0.6) is 0 Å². The Kier molecular flexibility index (Phi) is 15.2. The monoisotopic (exact) mass is 243 g/mol. The van der Waals surface area contributed by atoms with Gasteiger partial charge in [0, 0.05) is 20.1 Å². The van der Waals surface area contributed by atoms with Crippen LogP contribution in [0.25, 0.3) is 0 Å². The molecule has 0 unspecified atom stereocenters. The molecule has 0 aliphatic heterocycles. The fourth-order valence-electron chi connectivity index (χ4n) is 1.78. The summed E-state index contributed by atoms with van der Waals surface area (Å²) in [6, 6.07) is 0. The predicted molar refractivity (Wildman–Crippen MR) is 69.7 cm³/mol. The van der Waals surface area contributed by atoms with Gasteiger partial charge in [0.15, 0.2) is 6.29 Å². The van der Waals surface area contributed by atoms with Gasteiger partial charge < -0.3 is 9.47 Å². The third kappa shape index (κ3) is 15.6. The lowest BCUT2D eigenvalue weighted by Crippen LogP contribution is -1.98. The average Bonchev–Trinajstić information content (AvgIpc) is 2.35. The first kappa shape index (κ1) is 16.6. The smallest absolute Gasteiger partial charge is 0.198 e. The highest BCUT2D eigenvalue weighted by Crippen LogP contribution is 2.10. The van der Waals surface area contributed by atoms with Crippen molar-refractivity contribution in [2.75, 3.05) is 20.5 Å². The summed E-state index contributed by atoms with van der Waals surface area (Å²) >= 11 is 0. The Bertz CT molecular complexity index is 148. The van der Waals surface area contributed by atoms with Crippen molar-refractivity contribution in [3.8, 4) is 0 Å². The summed E-state index contributed by atoms with van der Waals surface area (Å²) in [4.78, 5) is 9.96. The quantitative estimate of drug-likeness (QED) is 0.345. The van der Waals surface area contributed by atoms with Crippen molar-refractivity contribution in [1.82, 2.24) is 0 Å². The van der Waals surface area contributed by atoms with Crippen LogP contribution in [-0.4, -0.2) is 26.8 Å². The Balaban J connectivity index is 2.87. The van der Waals surface area contributed by atoms with Gasteiger partial charge in [-0.25, -0.2) is 0 Å². The van der Waals surface area contributed by atoms with E-state index in [1.807, 2.05) is 6.29 Å². The Morgan fingerprint density at radius 3 is 1.88 bits per heavy atom. The van der Waals surface area contributed by atoms with Crippen LogP contribution in [0.15, 0.2) is 0 Å². The van der Waals surface area contributed by atoms with Gasteiger partial charge in [0.1, 0.15) is 6.79 Å². The van der Waals surface area contributed by atoms with Crippen LogP contribution in [0.3, 0.4) is 0 Å². The molecule has 0 aromatic carbocycles. The minimum atomic E-state index is 0.415. The van der Waals surface area contributed by atoms with E-state index in [1.165, 1.54) is 44.9 Å². The summed E-state index contributed by atoms with van der Waals surface area (Å²) in [6.45, 7) is 1.23. The maximum atomic E-state index is 9.96. The summed E-state index contributed by atoms with van der Waals surface area (Å²) in [7, 11) is 1.65. The van der Waals surface area contributed by atoms with Crippen molar-refractivity contribution < 1.29 is 14.3 Å². The van der Waals surface area contributed by atoms with Crippen LogP contribution >= 0.6 is 0 Å². The van der Waals surface area contributed by atoms with Crippen molar-refractivity contribution >= 4 is 6.29 Å². The summed E-state index contributed by atoms with van der Waals surface area (Å²) in [5.74, 6) is 0. The molecule has 0 aliphatic rings. The van der Waals surface area contributed by atoms with E-state index in [0.717, 1.165) is 19.4 Å². The molecule has 0 heterocycles. The SMILES string of the molecule is COCOCCCCCCCCCCC[C]=O. The van der Waals surface area contributed by atoms with Gasteiger partial charge in [-0.2, -0.15) is 0 Å². The van der Waals surface area contributed by atoms with E-state index in [4.69, 9.17) is 9.47 Å². The maximum absolute atomic E-state index is 9.96. The second-order valence-corrected chi connectivity index (χ2v) is 4.39. The molecule has 0 amide bonds. The molecule has 0 saturated heterocycles. The van der Waals surface area contributed by atoms with E-state index >= 15 is 0 Å². The average molecular weight is 243 g/mol. The topological polar surface area (TPSA) is 35.5 Å². The Hall–Kier alpha value is -0.410. The lowest BCUT2D eigenvalue weighted by atomic mass is 10.1. The maximum Gasteiger partial charge on any atom is 0.198 e. The van der Waals surface area contributed by atoms with Gasteiger partial charge in [-0.1, -0.05) is 44.9 Å². The zero-order chi connectivity index (χ0) is 12.6. The first-order chi connectivity index (χ1) is 8.41. The molecule has 0 aliphatic carbocycles. The van der Waals surface area contributed by atoms with Gasteiger partial charge in [-0.05, 0) is 12.8 Å². The Morgan fingerprint density at radius 1 is 0.824 bits per heavy atom. The third-order valence-corrected chi connectivity index (χ3v) is 2.77. The number of methoxy groups -OCH3 is 1. The van der Waals surface area contributed by atoms with E-state index in [9.17, 15) is 4.79 Å². The molecule has 3 nitrogen and oxygen atoms in total. The second kappa shape index (κ2) is 15.6. The molecule has 0 spiro atoms. The first-order valence-electron chi connectivity index (χ1n) is 6.83. The van der Waals surface area contributed by atoms with Crippen LogP contribution < -0.4 is 0 Å².